The molecule has 0 radical (unpaired) electrons. The lowest BCUT2D eigenvalue weighted by Crippen LogP contribution is -2.54. The highest BCUT2D eigenvalue weighted by Crippen LogP contribution is 2.37. The van der Waals surface area contributed by atoms with Gasteiger partial charge in [0, 0.05) is 44.0 Å². The number of nitrogens with zero attached hydrogens (tertiary/aromatic N) is 3. The fraction of sp³-hybridized carbons (Fsp3) is 0.346. The first-order valence-electron chi connectivity index (χ1n) is 11.0. The molecule has 2 amide bonds. The van der Waals surface area contributed by atoms with Crippen LogP contribution in [0.25, 0.3) is 10.4 Å². The van der Waals surface area contributed by atoms with Crippen LogP contribution in [0.15, 0.2) is 66.2 Å². The molecule has 32 heavy (non-hydrogen) atoms. The van der Waals surface area contributed by atoms with E-state index in [1.165, 1.54) is 10.4 Å². The third-order valence-electron chi connectivity index (χ3n) is 6.12. The van der Waals surface area contributed by atoms with Crippen LogP contribution in [0.5, 0.6) is 0 Å². The third kappa shape index (κ3) is 4.91. The van der Waals surface area contributed by atoms with Gasteiger partial charge in [0.1, 0.15) is 0 Å². The van der Waals surface area contributed by atoms with Crippen molar-refractivity contribution < 1.29 is 9.59 Å². The highest BCUT2D eigenvalue weighted by Gasteiger charge is 2.44. The minimum Gasteiger partial charge on any atom is -0.348 e. The summed E-state index contributed by atoms with van der Waals surface area (Å²) >= 11 is 1.71. The van der Waals surface area contributed by atoms with Crippen LogP contribution < -0.4 is 0 Å². The predicted molar refractivity (Wildman–Crippen MR) is 128 cm³/mol. The normalized spacial score (nSPS) is 18.4. The number of aromatic nitrogens is 1. The molecule has 1 aromatic carbocycles. The molecule has 1 fully saturated rings. The molecule has 1 aliphatic heterocycles. The van der Waals surface area contributed by atoms with Crippen LogP contribution in [0, 0.1) is 5.41 Å². The van der Waals surface area contributed by atoms with Crippen LogP contribution >= 0.6 is 11.3 Å². The van der Waals surface area contributed by atoms with E-state index < -0.39 is 5.41 Å². The van der Waals surface area contributed by atoms with E-state index >= 15 is 0 Å². The molecular formula is C26H29N3O2S. The van der Waals surface area contributed by atoms with E-state index in [1.54, 1.807) is 36.5 Å². The zero-order valence-electron chi connectivity index (χ0n) is 18.7. The number of carbonyl (C=O) groups excluding carboxylic acids is 2. The molecule has 5 nitrogen and oxygen atoms in total. The van der Waals surface area contributed by atoms with Crippen molar-refractivity contribution in [2.45, 2.75) is 25.7 Å². The molecule has 3 heterocycles. The molecule has 4 rings (SSSR count). The zero-order chi connectivity index (χ0) is 22.6. The molecule has 0 aliphatic carbocycles. The lowest BCUT2D eigenvalue weighted by Gasteiger charge is -2.43. The Labute approximate surface area is 193 Å². The second-order valence-corrected chi connectivity index (χ2v) is 9.70. The quantitative estimate of drug-likeness (QED) is 0.566. The third-order valence-corrected chi connectivity index (χ3v) is 7.04. The van der Waals surface area contributed by atoms with Crippen molar-refractivity contribution in [3.05, 3.63) is 77.4 Å². The Morgan fingerprint density at radius 1 is 1.12 bits per heavy atom. The Kier molecular flexibility index (Phi) is 6.70. The van der Waals surface area contributed by atoms with E-state index in [4.69, 9.17) is 0 Å². The summed E-state index contributed by atoms with van der Waals surface area (Å²) in [6.07, 6.45) is 4.19. The minimum atomic E-state index is -0.615. The van der Waals surface area contributed by atoms with E-state index in [1.807, 2.05) is 23.1 Å². The first kappa shape index (κ1) is 22.2. The molecule has 0 unspecified atom stereocenters. The summed E-state index contributed by atoms with van der Waals surface area (Å²) in [6, 6.07) is 18.2. The number of benzene rings is 1. The fourth-order valence-electron chi connectivity index (χ4n) is 4.65. The van der Waals surface area contributed by atoms with Gasteiger partial charge in [-0.05, 0) is 54.0 Å². The van der Waals surface area contributed by atoms with Gasteiger partial charge in [0.2, 0.25) is 11.8 Å². The Balaban J connectivity index is 1.58. The first-order valence-corrected chi connectivity index (χ1v) is 11.9. The van der Waals surface area contributed by atoms with Crippen LogP contribution in [0.3, 0.4) is 0 Å². The summed E-state index contributed by atoms with van der Waals surface area (Å²) < 4.78 is 0. The van der Waals surface area contributed by atoms with Gasteiger partial charge in [0.25, 0.3) is 0 Å². The highest BCUT2D eigenvalue weighted by molar-refractivity contribution is 7.13. The predicted octanol–water partition coefficient (Wildman–Crippen LogP) is 4.29. The minimum absolute atomic E-state index is 0.0340. The van der Waals surface area contributed by atoms with E-state index in [-0.39, 0.29) is 18.2 Å². The number of rotatable bonds is 6. The van der Waals surface area contributed by atoms with Crippen molar-refractivity contribution in [3.8, 4) is 10.4 Å². The van der Waals surface area contributed by atoms with Crippen molar-refractivity contribution in [1.82, 2.24) is 14.8 Å². The Morgan fingerprint density at radius 2 is 2.00 bits per heavy atom. The molecule has 2 aromatic heterocycles. The van der Waals surface area contributed by atoms with Gasteiger partial charge in [0.15, 0.2) is 0 Å². The number of amides is 2. The number of likely N-dealkylation sites (tertiary alicyclic amines) is 1. The second-order valence-electron chi connectivity index (χ2n) is 8.75. The molecular weight excluding hydrogens is 418 g/mol. The zero-order valence-corrected chi connectivity index (χ0v) is 19.5. The maximum atomic E-state index is 13.4. The van der Waals surface area contributed by atoms with Gasteiger partial charge in [-0.2, -0.15) is 0 Å². The van der Waals surface area contributed by atoms with Crippen LogP contribution in [-0.2, 0) is 22.4 Å². The molecule has 0 N–H and O–H groups in total. The monoisotopic (exact) mass is 447 g/mol. The molecule has 166 valence electrons. The van der Waals surface area contributed by atoms with E-state index in [9.17, 15) is 9.59 Å². The van der Waals surface area contributed by atoms with Gasteiger partial charge < -0.3 is 9.80 Å². The van der Waals surface area contributed by atoms with Crippen molar-refractivity contribution >= 4 is 23.2 Å². The van der Waals surface area contributed by atoms with Gasteiger partial charge in [-0.15, -0.1) is 11.3 Å². The Hall–Kier alpha value is -2.99. The summed E-state index contributed by atoms with van der Waals surface area (Å²) in [5, 5.41) is 2.07. The highest BCUT2D eigenvalue weighted by atomic mass is 32.1. The standard InChI is InChI=1S/C26H29N3O2S/c1-28(2)25(31)26(18-20-8-5-9-21(16-20)23-11-6-15-32-23)12-7-14-29(19-26)24(30)17-22-10-3-4-13-27-22/h3-6,8-11,13,15-16H,7,12,14,17-19H2,1-2H3/t26-/m1/s1. The smallest absolute Gasteiger partial charge is 0.230 e. The summed E-state index contributed by atoms with van der Waals surface area (Å²) in [7, 11) is 3.61. The molecule has 1 atom stereocenters. The van der Waals surface area contributed by atoms with Gasteiger partial charge in [-0.25, -0.2) is 0 Å². The lowest BCUT2D eigenvalue weighted by molar-refractivity contribution is -0.147. The molecule has 1 saturated heterocycles. The van der Waals surface area contributed by atoms with Gasteiger partial charge >= 0.3 is 0 Å². The number of piperidine rings is 1. The van der Waals surface area contributed by atoms with Crippen molar-refractivity contribution in [3.63, 3.8) is 0 Å². The topological polar surface area (TPSA) is 53.5 Å². The van der Waals surface area contributed by atoms with Crippen LogP contribution in [0.1, 0.15) is 24.1 Å². The average molecular weight is 448 g/mol. The number of hydrogen-bond donors (Lipinski definition) is 0. The van der Waals surface area contributed by atoms with E-state index in [0.717, 1.165) is 24.1 Å². The fourth-order valence-corrected chi connectivity index (χ4v) is 5.37. The van der Waals surface area contributed by atoms with Crippen molar-refractivity contribution in [2.75, 3.05) is 27.2 Å². The maximum absolute atomic E-state index is 13.4. The molecule has 0 bridgehead atoms. The summed E-state index contributed by atoms with van der Waals surface area (Å²) in [5.74, 6) is 0.126. The number of carbonyl (C=O) groups is 2. The molecule has 0 saturated carbocycles. The van der Waals surface area contributed by atoms with E-state index in [0.29, 0.717) is 19.5 Å². The largest absolute Gasteiger partial charge is 0.348 e. The number of hydrogen-bond acceptors (Lipinski definition) is 4. The number of pyridine rings is 1. The summed E-state index contributed by atoms with van der Waals surface area (Å²) in [5.41, 5.74) is 2.44. The van der Waals surface area contributed by atoms with Crippen LogP contribution in [0.4, 0.5) is 0 Å². The lowest BCUT2D eigenvalue weighted by atomic mass is 9.73. The molecule has 6 heteroatoms. The van der Waals surface area contributed by atoms with Crippen molar-refractivity contribution in [2.24, 2.45) is 5.41 Å². The Morgan fingerprint density at radius 3 is 2.72 bits per heavy atom. The Bertz CT molecular complexity index is 1070. The molecule has 1 aliphatic rings. The maximum Gasteiger partial charge on any atom is 0.230 e. The number of thiophene rings is 1. The van der Waals surface area contributed by atoms with Crippen LogP contribution in [0.2, 0.25) is 0 Å². The van der Waals surface area contributed by atoms with Crippen LogP contribution in [-0.4, -0.2) is 53.8 Å². The average Bonchev–Trinajstić information content (AvgIpc) is 3.34. The first-order chi connectivity index (χ1) is 15.5. The van der Waals surface area contributed by atoms with Crippen molar-refractivity contribution in [1.29, 1.82) is 0 Å². The second kappa shape index (κ2) is 9.65. The van der Waals surface area contributed by atoms with Gasteiger partial charge in [-0.1, -0.05) is 36.4 Å². The summed E-state index contributed by atoms with van der Waals surface area (Å²) in [6.45, 7) is 1.13. The van der Waals surface area contributed by atoms with Gasteiger partial charge in [0.05, 0.1) is 11.8 Å². The van der Waals surface area contributed by atoms with E-state index in [2.05, 4.69) is 46.8 Å². The SMILES string of the molecule is CN(C)C(=O)[C@@]1(Cc2cccc(-c3cccs3)c2)CCCN(C(=O)Cc2ccccn2)C1. The summed E-state index contributed by atoms with van der Waals surface area (Å²) in [4.78, 5) is 35.6. The molecule has 0 spiro atoms. The molecule has 3 aromatic rings. The van der Waals surface area contributed by atoms with Gasteiger partial charge in [-0.3, -0.25) is 14.6 Å².